The highest BCUT2D eigenvalue weighted by atomic mass is 32.2. The van der Waals surface area contributed by atoms with Crippen molar-refractivity contribution in [2.24, 2.45) is 0 Å². The van der Waals surface area contributed by atoms with Crippen molar-refractivity contribution in [3.05, 3.63) is 36.2 Å². The Balaban J connectivity index is 1.63. The summed E-state index contributed by atoms with van der Waals surface area (Å²) in [7, 11) is 0. The minimum atomic E-state index is 0.266. The molecule has 0 amide bonds. The van der Waals surface area contributed by atoms with E-state index < -0.39 is 0 Å². The molecule has 0 fully saturated rings. The molecule has 1 aliphatic heterocycles. The highest BCUT2D eigenvalue weighted by Crippen LogP contribution is 2.41. The predicted octanol–water partition coefficient (Wildman–Crippen LogP) is 2.55. The van der Waals surface area contributed by atoms with Crippen LogP contribution < -0.4 is 10.6 Å². The normalized spacial score (nSPS) is 12.4. The molecule has 0 radical (unpaired) electrons. The monoisotopic (exact) mass is 302 g/mol. The van der Waals surface area contributed by atoms with Crippen LogP contribution in [0, 0.1) is 0 Å². The van der Waals surface area contributed by atoms with Crippen LogP contribution in [0.4, 0.5) is 11.5 Å². The maximum atomic E-state index is 8.75. The van der Waals surface area contributed by atoms with E-state index in [2.05, 4.69) is 38.8 Å². The van der Waals surface area contributed by atoms with Gasteiger partial charge in [-0.1, -0.05) is 17.8 Å². The van der Waals surface area contributed by atoms with Gasteiger partial charge in [-0.3, -0.25) is 0 Å². The molecule has 1 aromatic heterocycles. The van der Waals surface area contributed by atoms with E-state index >= 15 is 0 Å². The molecular weight excluding hydrogens is 284 g/mol. The molecule has 0 bridgehead atoms. The van der Waals surface area contributed by atoms with E-state index in [-0.39, 0.29) is 6.61 Å². The lowest BCUT2D eigenvalue weighted by molar-refractivity contribution is 0.283. The molecule has 21 heavy (non-hydrogen) atoms. The van der Waals surface area contributed by atoms with Crippen LogP contribution in [0.25, 0.3) is 0 Å². The maximum absolute atomic E-state index is 8.75. The molecule has 6 heteroatoms. The van der Waals surface area contributed by atoms with E-state index in [4.69, 9.17) is 5.11 Å². The van der Waals surface area contributed by atoms with E-state index in [9.17, 15) is 0 Å². The average Bonchev–Trinajstić information content (AvgIpc) is 2.52. The summed E-state index contributed by atoms with van der Waals surface area (Å²) in [5.41, 5.74) is 2.32. The minimum absolute atomic E-state index is 0.266. The van der Waals surface area contributed by atoms with Crippen LogP contribution in [-0.2, 0) is 6.54 Å². The van der Waals surface area contributed by atoms with Gasteiger partial charge in [0.1, 0.15) is 5.03 Å². The van der Waals surface area contributed by atoms with Crippen molar-refractivity contribution in [3.8, 4) is 0 Å². The van der Waals surface area contributed by atoms with Gasteiger partial charge in [0.05, 0.1) is 5.69 Å². The third-order valence-corrected chi connectivity index (χ3v) is 4.33. The number of aliphatic hydroxyl groups is 1. The summed E-state index contributed by atoms with van der Waals surface area (Å²) in [6.07, 6.45) is 5.26. The highest BCUT2D eigenvalue weighted by Gasteiger charge is 2.17. The third kappa shape index (κ3) is 3.53. The van der Waals surface area contributed by atoms with Crippen LogP contribution in [0.5, 0.6) is 0 Å². The van der Waals surface area contributed by atoms with Crippen molar-refractivity contribution in [3.63, 3.8) is 0 Å². The fraction of sp³-hybridized carbons (Fsp3) is 0.333. The predicted molar refractivity (Wildman–Crippen MR) is 83.9 cm³/mol. The standard InChI is InChI=1S/C15H18N4OS/c20-8-2-1-5-16-10-11-3-4-13-12(9-11)19-14-15(21-13)18-7-6-17-14/h3-4,6-7,9,16,20H,1-2,5,8,10H2,(H,17,19). The number of hydrogen-bond acceptors (Lipinski definition) is 6. The lowest BCUT2D eigenvalue weighted by Crippen LogP contribution is -2.15. The maximum Gasteiger partial charge on any atom is 0.163 e. The number of nitrogens with zero attached hydrogens (tertiary/aromatic N) is 2. The lowest BCUT2D eigenvalue weighted by Gasteiger charge is -2.19. The Morgan fingerprint density at radius 3 is 3.00 bits per heavy atom. The second kappa shape index (κ2) is 6.89. The van der Waals surface area contributed by atoms with Gasteiger partial charge in [-0.05, 0) is 37.1 Å². The molecular formula is C15H18N4OS. The number of fused-ring (bicyclic) bond motifs is 2. The Hall–Kier alpha value is -1.63. The number of hydrogen-bond donors (Lipinski definition) is 3. The zero-order valence-corrected chi connectivity index (χ0v) is 12.5. The molecule has 2 aromatic rings. The van der Waals surface area contributed by atoms with Gasteiger partial charge in [-0.25, -0.2) is 9.97 Å². The minimum Gasteiger partial charge on any atom is -0.396 e. The molecule has 0 atom stereocenters. The first kappa shape index (κ1) is 14.3. The lowest BCUT2D eigenvalue weighted by atomic mass is 10.2. The zero-order valence-electron chi connectivity index (χ0n) is 11.7. The first-order chi connectivity index (χ1) is 10.4. The number of unbranched alkanes of at least 4 members (excludes halogenated alkanes) is 1. The van der Waals surface area contributed by atoms with Crippen molar-refractivity contribution in [1.29, 1.82) is 0 Å². The van der Waals surface area contributed by atoms with Gasteiger partial charge < -0.3 is 15.7 Å². The Bertz CT molecular complexity index is 620. The highest BCUT2D eigenvalue weighted by molar-refractivity contribution is 7.99. The van der Waals surface area contributed by atoms with E-state index in [1.807, 2.05) is 0 Å². The van der Waals surface area contributed by atoms with Crippen molar-refractivity contribution in [2.45, 2.75) is 29.3 Å². The smallest absolute Gasteiger partial charge is 0.163 e. The summed E-state index contributed by atoms with van der Waals surface area (Å²) in [6.45, 7) is 2.02. The van der Waals surface area contributed by atoms with Crippen molar-refractivity contribution in [1.82, 2.24) is 15.3 Å². The molecule has 1 aromatic carbocycles. The van der Waals surface area contributed by atoms with Gasteiger partial charge in [-0.2, -0.15) is 0 Å². The van der Waals surface area contributed by atoms with Crippen LogP contribution >= 0.6 is 11.8 Å². The molecule has 0 aliphatic carbocycles. The molecule has 0 saturated carbocycles. The fourth-order valence-corrected chi connectivity index (χ4v) is 3.06. The van der Waals surface area contributed by atoms with Gasteiger partial charge in [0.2, 0.25) is 0 Å². The first-order valence-electron chi connectivity index (χ1n) is 7.07. The molecule has 0 saturated heterocycles. The summed E-state index contributed by atoms with van der Waals surface area (Å²) in [6, 6.07) is 6.41. The summed E-state index contributed by atoms with van der Waals surface area (Å²) in [4.78, 5) is 9.81. The molecule has 3 N–H and O–H groups in total. The second-order valence-corrected chi connectivity index (χ2v) is 5.91. The molecule has 2 heterocycles. The van der Waals surface area contributed by atoms with E-state index in [0.29, 0.717) is 0 Å². The van der Waals surface area contributed by atoms with Gasteiger partial charge in [-0.15, -0.1) is 0 Å². The van der Waals surface area contributed by atoms with Gasteiger partial charge in [0, 0.05) is 30.4 Å². The van der Waals surface area contributed by atoms with Crippen LogP contribution in [0.3, 0.4) is 0 Å². The molecule has 0 spiro atoms. The number of aromatic nitrogens is 2. The van der Waals surface area contributed by atoms with Gasteiger partial charge in [0.15, 0.2) is 5.82 Å². The Labute approximate surface area is 128 Å². The quantitative estimate of drug-likeness (QED) is 0.608. The summed E-state index contributed by atoms with van der Waals surface area (Å²) in [5, 5.41) is 16.4. The van der Waals surface area contributed by atoms with Crippen LogP contribution in [-0.4, -0.2) is 28.2 Å². The Kier molecular flexibility index (Phi) is 4.69. The second-order valence-electron chi connectivity index (χ2n) is 4.88. The largest absolute Gasteiger partial charge is 0.396 e. The third-order valence-electron chi connectivity index (χ3n) is 3.26. The fourth-order valence-electron chi connectivity index (χ4n) is 2.19. The van der Waals surface area contributed by atoms with E-state index in [0.717, 1.165) is 42.5 Å². The van der Waals surface area contributed by atoms with E-state index in [1.165, 1.54) is 10.5 Å². The van der Waals surface area contributed by atoms with Crippen LogP contribution in [0.15, 0.2) is 40.5 Å². The first-order valence-corrected chi connectivity index (χ1v) is 7.89. The molecule has 110 valence electrons. The number of nitrogens with one attached hydrogen (secondary N) is 2. The number of benzene rings is 1. The Morgan fingerprint density at radius 2 is 2.10 bits per heavy atom. The molecule has 3 rings (SSSR count). The Morgan fingerprint density at radius 1 is 1.19 bits per heavy atom. The summed E-state index contributed by atoms with van der Waals surface area (Å²) < 4.78 is 0. The number of aliphatic hydroxyl groups excluding tert-OH is 1. The SMILES string of the molecule is OCCCCNCc1ccc2c(c1)Nc1nccnc1S2. The van der Waals surface area contributed by atoms with Crippen molar-refractivity contribution in [2.75, 3.05) is 18.5 Å². The van der Waals surface area contributed by atoms with Gasteiger partial charge in [0.25, 0.3) is 0 Å². The summed E-state index contributed by atoms with van der Waals surface area (Å²) in [5.74, 6) is 0.822. The summed E-state index contributed by atoms with van der Waals surface area (Å²) >= 11 is 1.64. The van der Waals surface area contributed by atoms with Crippen molar-refractivity contribution >= 4 is 23.3 Å². The molecule has 0 unspecified atom stereocenters. The van der Waals surface area contributed by atoms with Crippen LogP contribution in [0.1, 0.15) is 18.4 Å². The molecule has 1 aliphatic rings. The van der Waals surface area contributed by atoms with E-state index in [1.54, 1.807) is 24.2 Å². The van der Waals surface area contributed by atoms with Crippen molar-refractivity contribution < 1.29 is 5.11 Å². The zero-order chi connectivity index (χ0) is 14.5. The number of rotatable bonds is 6. The topological polar surface area (TPSA) is 70.1 Å². The molecule has 5 nitrogen and oxygen atoms in total. The van der Waals surface area contributed by atoms with Gasteiger partial charge >= 0.3 is 0 Å². The van der Waals surface area contributed by atoms with Crippen LogP contribution in [0.2, 0.25) is 0 Å². The average molecular weight is 302 g/mol. The number of anilines is 2.